The molecule has 1 nitrogen and oxygen atoms in total. The van der Waals surface area contributed by atoms with Gasteiger partial charge >= 0.3 is 0 Å². The first kappa shape index (κ1) is 35.6. The van der Waals surface area contributed by atoms with E-state index in [0.29, 0.717) is 0 Å². The highest BCUT2D eigenvalue weighted by Gasteiger charge is 2.16. The van der Waals surface area contributed by atoms with Crippen molar-refractivity contribution in [2.45, 2.75) is 0 Å². The number of rotatable bonds is 7. The van der Waals surface area contributed by atoms with E-state index < -0.39 is 0 Å². The summed E-state index contributed by atoms with van der Waals surface area (Å²) in [6, 6.07) is 82.4. The number of hydrogen-bond acceptors (Lipinski definition) is 3. The highest BCUT2D eigenvalue weighted by molar-refractivity contribution is 7.26. The Morgan fingerprint density at radius 3 is 1.18 bits per heavy atom. The van der Waals surface area contributed by atoms with Crippen molar-refractivity contribution in [3.63, 3.8) is 0 Å². The summed E-state index contributed by atoms with van der Waals surface area (Å²) < 4.78 is 5.30. The molecule has 0 aliphatic carbocycles. The van der Waals surface area contributed by atoms with Gasteiger partial charge in [0.2, 0.25) is 0 Å². The third-order valence-corrected chi connectivity index (χ3v) is 14.4. The van der Waals surface area contributed by atoms with Gasteiger partial charge in [0.15, 0.2) is 0 Å². The van der Waals surface area contributed by atoms with Crippen molar-refractivity contribution in [1.29, 1.82) is 0 Å². The Morgan fingerprint density at radius 1 is 0.246 bits per heavy atom. The maximum Gasteiger partial charge on any atom is 0.0462 e. The van der Waals surface area contributed by atoms with Crippen LogP contribution in [0.25, 0.3) is 95.6 Å². The van der Waals surface area contributed by atoms with Crippen LogP contribution in [-0.2, 0) is 0 Å². The van der Waals surface area contributed by atoms with Crippen LogP contribution in [0.2, 0.25) is 0 Å². The third kappa shape index (κ3) is 6.38. The van der Waals surface area contributed by atoms with Gasteiger partial charge in [-0.15, -0.1) is 22.7 Å². The second-order valence-electron chi connectivity index (χ2n) is 15.7. The maximum atomic E-state index is 2.37. The maximum absolute atomic E-state index is 2.37. The quantitative estimate of drug-likeness (QED) is 0.155. The van der Waals surface area contributed by atoms with E-state index >= 15 is 0 Å². The van der Waals surface area contributed by atoms with E-state index in [4.69, 9.17) is 0 Å². The average Bonchev–Trinajstić information content (AvgIpc) is 3.90. The van der Waals surface area contributed by atoms with Crippen molar-refractivity contribution >= 4 is 90.9 Å². The summed E-state index contributed by atoms with van der Waals surface area (Å²) >= 11 is 3.73. The fourth-order valence-corrected chi connectivity index (χ4v) is 11.3. The summed E-state index contributed by atoms with van der Waals surface area (Å²) in [6.07, 6.45) is 0. The molecule has 286 valence electrons. The minimum atomic E-state index is 1.10. The molecule has 2 heterocycles. The molecule has 0 saturated carbocycles. The van der Waals surface area contributed by atoms with Gasteiger partial charge in [-0.1, -0.05) is 158 Å². The van der Waals surface area contributed by atoms with Gasteiger partial charge < -0.3 is 4.90 Å². The lowest BCUT2D eigenvalue weighted by molar-refractivity contribution is 1.28. The molecule has 0 amide bonds. The van der Waals surface area contributed by atoms with Crippen LogP contribution in [0, 0.1) is 0 Å². The molecule has 0 spiro atoms. The van der Waals surface area contributed by atoms with Crippen LogP contribution >= 0.6 is 22.7 Å². The lowest BCUT2D eigenvalue weighted by Gasteiger charge is -2.26. The molecule has 0 atom stereocenters. The van der Waals surface area contributed by atoms with Gasteiger partial charge in [-0.25, -0.2) is 0 Å². The van der Waals surface area contributed by atoms with Crippen LogP contribution in [0.4, 0.5) is 17.1 Å². The van der Waals surface area contributed by atoms with Gasteiger partial charge in [-0.3, -0.25) is 0 Å². The lowest BCUT2D eigenvalue weighted by Crippen LogP contribution is -2.09. The fourth-order valence-electron chi connectivity index (χ4n) is 9.01. The monoisotopic (exact) mass is 811 g/mol. The predicted molar refractivity (Wildman–Crippen MR) is 266 cm³/mol. The Bertz CT molecular complexity index is 3410. The van der Waals surface area contributed by atoms with E-state index in [1.165, 1.54) is 95.6 Å². The average molecular weight is 812 g/mol. The summed E-state index contributed by atoms with van der Waals surface area (Å²) in [5.41, 5.74) is 13.0. The van der Waals surface area contributed by atoms with E-state index in [0.717, 1.165) is 17.1 Å². The Labute approximate surface area is 362 Å². The summed E-state index contributed by atoms with van der Waals surface area (Å²) in [5, 5.41) is 7.83. The van der Waals surface area contributed by atoms with Crippen molar-refractivity contribution in [2.24, 2.45) is 0 Å². The molecule has 12 rings (SSSR count). The predicted octanol–water partition coefficient (Wildman–Crippen LogP) is 17.7. The molecular formula is C58H37NS2. The van der Waals surface area contributed by atoms with Crippen LogP contribution in [0.3, 0.4) is 0 Å². The molecule has 61 heavy (non-hydrogen) atoms. The molecule has 3 heteroatoms. The van der Waals surface area contributed by atoms with Crippen LogP contribution in [0.15, 0.2) is 224 Å². The summed E-state index contributed by atoms with van der Waals surface area (Å²) in [5.74, 6) is 0. The zero-order valence-electron chi connectivity index (χ0n) is 33.1. The zero-order valence-corrected chi connectivity index (χ0v) is 34.8. The van der Waals surface area contributed by atoms with E-state index in [-0.39, 0.29) is 0 Å². The Hall–Kier alpha value is -7.30. The van der Waals surface area contributed by atoms with Crippen LogP contribution < -0.4 is 4.90 Å². The Morgan fingerprint density at radius 2 is 0.639 bits per heavy atom. The molecule has 0 unspecified atom stereocenters. The SMILES string of the molecule is c1cc(-c2ccc(N(c3ccc(-c4ccc5c(c4)sc4ccccc45)cc3)c3ccc(-c4ccc5c(c4)sc4ccccc45)cc3)cc2)cc(-c2cccc3ccccc23)c1. The molecule has 2 aromatic heterocycles. The van der Waals surface area contributed by atoms with Gasteiger partial charge in [-0.05, 0) is 122 Å². The van der Waals surface area contributed by atoms with Crippen LogP contribution in [0.1, 0.15) is 0 Å². The largest absolute Gasteiger partial charge is 0.311 e. The first-order valence-corrected chi connectivity index (χ1v) is 22.4. The number of hydrogen-bond donors (Lipinski definition) is 0. The second-order valence-corrected chi connectivity index (χ2v) is 17.9. The molecule has 12 aromatic rings. The van der Waals surface area contributed by atoms with Gasteiger partial charge in [0.05, 0.1) is 0 Å². The lowest BCUT2D eigenvalue weighted by atomic mass is 9.95. The molecule has 0 aliphatic heterocycles. The molecule has 10 aromatic carbocycles. The van der Waals surface area contributed by atoms with E-state index in [2.05, 4.69) is 229 Å². The minimum Gasteiger partial charge on any atom is -0.311 e. The first-order chi connectivity index (χ1) is 30.2. The third-order valence-electron chi connectivity index (χ3n) is 12.1. The highest BCUT2D eigenvalue weighted by Crippen LogP contribution is 2.41. The van der Waals surface area contributed by atoms with Crippen LogP contribution in [0.5, 0.6) is 0 Å². The molecule has 0 saturated heterocycles. The standard InChI is InChI=1S/C58H37NS2/c1-2-13-49-41(9-1)10-8-16-50(49)45-12-7-11-42(35-45)38-19-27-46(28-20-38)59(47-29-21-39(22-30-47)43-25-33-53-51-14-3-5-17-55(51)60-57(53)36-43)48-31-23-40(24-32-48)44-26-34-54-52-15-4-6-18-56(52)61-58(54)37-44/h1-37H. The van der Waals surface area contributed by atoms with Crippen LogP contribution in [-0.4, -0.2) is 0 Å². The fraction of sp³-hybridized carbons (Fsp3) is 0. The van der Waals surface area contributed by atoms with Gasteiger partial charge in [0.25, 0.3) is 0 Å². The number of fused-ring (bicyclic) bond motifs is 7. The molecular weight excluding hydrogens is 775 g/mol. The van der Waals surface area contributed by atoms with Gasteiger partial charge in [0, 0.05) is 57.4 Å². The molecule has 0 N–H and O–H groups in total. The Balaban J connectivity index is 0.904. The van der Waals surface area contributed by atoms with Crippen molar-refractivity contribution in [3.8, 4) is 44.5 Å². The van der Waals surface area contributed by atoms with Gasteiger partial charge in [-0.2, -0.15) is 0 Å². The minimum absolute atomic E-state index is 1.10. The molecule has 0 fully saturated rings. The normalized spacial score (nSPS) is 11.6. The first-order valence-electron chi connectivity index (χ1n) is 20.7. The molecule has 0 radical (unpaired) electrons. The number of nitrogens with zero attached hydrogens (tertiary/aromatic N) is 1. The van der Waals surface area contributed by atoms with E-state index in [1.54, 1.807) is 0 Å². The summed E-state index contributed by atoms with van der Waals surface area (Å²) in [7, 11) is 0. The number of benzene rings is 10. The van der Waals surface area contributed by atoms with E-state index in [9.17, 15) is 0 Å². The molecule has 0 aliphatic rings. The number of anilines is 3. The number of thiophene rings is 2. The van der Waals surface area contributed by atoms with Crippen molar-refractivity contribution in [3.05, 3.63) is 224 Å². The topological polar surface area (TPSA) is 3.24 Å². The smallest absolute Gasteiger partial charge is 0.0462 e. The van der Waals surface area contributed by atoms with Crippen molar-refractivity contribution < 1.29 is 0 Å². The van der Waals surface area contributed by atoms with E-state index in [1.807, 2.05) is 22.7 Å². The summed E-state index contributed by atoms with van der Waals surface area (Å²) in [4.78, 5) is 2.37. The zero-order chi connectivity index (χ0) is 40.3. The highest BCUT2D eigenvalue weighted by atomic mass is 32.1. The van der Waals surface area contributed by atoms with Gasteiger partial charge in [0.1, 0.15) is 0 Å². The Kier molecular flexibility index (Phi) is 8.62. The molecule has 0 bridgehead atoms. The second kappa shape index (κ2) is 14.8. The summed E-state index contributed by atoms with van der Waals surface area (Å²) in [6.45, 7) is 0. The van der Waals surface area contributed by atoms with Crippen molar-refractivity contribution in [2.75, 3.05) is 4.90 Å². The van der Waals surface area contributed by atoms with Crippen molar-refractivity contribution in [1.82, 2.24) is 0 Å².